The molecule has 0 heterocycles. The molecule has 0 fully saturated rings. The van der Waals surface area contributed by atoms with E-state index in [1.54, 1.807) is 0 Å². The molecule has 0 aliphatic carbocycles. The molecule has 0 saturated carbocycles. The molecule has 0 aliphatic rings. The molecule has 0 atom stereocenters. The molecule has 0 amide bonds. The van der Waals surface area contributed by atoms with Crippen LogP contribution < -0.4 is 0 Å². The van der Waals surface area contributed by atoms with Gasteiger partial charge in [0.25, 0.3) is 0 Å². The van der Waals surface area contributed by atoms with Crippen LogP contribution in [0.25, 0.3) is 0 Å². The Bertz CT molecular complexity index is 338. The topological polar surface area (TPSA) is 149 Å². The molecule has 27 heavy (non-hydrogen) atoms. The van der Waals surface area contributed by atoms with Crippen molar-refractivity contribution >= 4 is 32.3 Å². The van der Waals surface area contributed by atoms with Gasteiger partial charge in [-0.2, -0.15) is 0 Å². The molecule has 0 aromatic carbocycles. The second-order valence-corrected chi connectivity index (χ2v) is 6.11. The van der Waals surface area contributed by atoms with Crippen molar-refractivity contribution in [3.05, 3.63) is 0 Å². The molecular formula is C18H32BO8. The molecule has 0 unspecified atom stereocenters. The van der Waals surface area contributed by atoms with E-state index in [0.717, 1.165) is 38.5 Å². The van der Waals surface area contributed by atoms with Gasteiger partial charge in [0.2, 0.25) is 0 Å². The zero-order chi connectivity index (χ0) is 20.2. The third kappa shape index (κ3) is 35.8. The summed E-state index contributed by atoms with van der Waals surface area (Å²) in [7, 11) is 0. The van der Waals surface area contributed by atoms with Crippen molar-refractivity contribution in [1.29, 1.82) is 0 Å². The van der Waals surface area contributed by atoms with Crippen LogP contribution in [0.15, 0.2) is 0 Å². The van der Waals surface area contributed by atoms with Gasteiger partial charge in [0.1, 0.15) is 0 Å². The molecule has 0 aromatic heterocycles. The Morgan fingerprint density at radius 2 is 0.519 bits per heavy atom. The van der Waals surface area contributed by atoms with Gasteiger partial charge in [-0.05, 0) is 25.7 Å². The molecule has 0 aromatic rings. The van der Waals surface area contributed by atoms with E-state index in [-0.39, 0.29) is 34.1 Å². The zero-order valence-electron chi connectivity index (χ0n) is 15.9. The van der Waals surface area contributed by atoms with Crippen molar-refractivity contribution < 1.29 is 39.6 Å². The molecule has 0 bridgehead atoms. The first-order valence-corrected chi connectivity index (χ1v) is 9.13. The summed E-state index contributed by atoms with van der Waals surface area (Å²) < 4.78 is 0. The monoisotopic (exact) mass is 387 g/mol. The fourth-order valence-electron chi connectivity index (χ4n) is 2.17. The molecule has 9 heteroatoms. The normalized spacial score (nSPS) is 9.48. The van der Waals surface area contributed by atoms with Crippen molar-refractivity contribution in [3.63, 3.8) is 0 Å². The van der Waals surface area contributed by atoms with Crippen LogP contribution in [0.5, 0.6) is 0 Å². The van der Waals surface area contributed by atoms with Gasteiger partial charge in [-0.15, -0.1) is 0 Å². The minimum Gasteiger partial charge on any atom is -0.481 e. The Morgan fingerprint density at radius 3 is 0.667 bits per heavy atom. The maximum Gasteiger partial charge on any atom is 0.303 e. The molecule has 0 rings (SSSR count). The summed E-state index contributed by atoms with van der Waals surface area (Å²) >= 11 is 0. The van der Waals surface area contributed by atoms with Gasteiger partial charge in [-0.1, -0.05) is 38.5 Å². The fraction of sp³-hybridized carbons (Fsp3) is 0.778. The highest BCUT2D eigenvalue weighted by atomic mass is 16.4. The average Bonchev–Trinajstić information content (AvgIpc) is 2.52. The van der Waals surface area contributed by atoms with E-state index in [0.29, 0.717) is 25.7 Å². The fourth-order valence-corrected chi connectivity index (χ4v) is 2.17. The molecule has 8 nitrogen and oxygen atoms in total. The largest absolute Gasteiger partial charge is 0.481 e. The van der Waals surface area contributed by atoms with Crippen LogP contribution >= 0.6 is 0 Å². The van der Waals surface area contributed by atoms with Gasteiger partial charge >= 0.3 is 23.9 Å². The quantitative estimate of drug-likeness (QED) is 0.233. The number of hydrogen-bond acceptors (Lipinski definition) is 4. The minimum absolute atomic E-state index is 0. The Balaban J connectivity index is -0.000000411. The highest BCUT2D eigenvalue weighted by Gasteiger charge is 1.99. The third-order valence-corrected chi connectivity index (χ3v) is 3.56. The van der Waals surface area contributed by atoms with Crippen molar-refractivity contribution in [2.24, 2.45) is 0 Å². The van der Waals surface area contributed by atoms with Crippen molar-refractivity contribution in [2.75, 3.05) is 0 Å². The second-order valence-electron chi connectivity index (χ2n) is 6.11. The molecule has 155 valence electrons. The predicted octanol–water partition coefficient (Wildman–Crippen LogP) is 3.39. The SMILES string of the molecule is O=C(O)CCCCCCCC(=O)O.O=C(O)CCCCCCCC(=O)O.[B]. The van der Waals surface area contributed by atoms with Crippen LogP contribution in [-0.2, 0) is 19.2 Å². The van der Waals surface area contributed by atoms with Crippen LogP contribution in [0.1, 0.15) is 89.9 Å². The lowest BCUT2D eigenvalue weighted by molar-refractivity contribution is -0.138. The first-order chi connectivity index (χ1) is 12.3. The number of carboxylic acid groups (broad SMARTS) is 4. The number of carboxylic acids is 4. The van der Waals surface area contributed by atoms with Gasteiger partial charge in [-0.3, -0.25) is 19.2 Å². The summed E-state index contributed by atoms with van der Waals surface area (Å²) in [6.45, 7) is 0. The maximum absolute atomic E-state index is 10.1. The standard InChI is InChI=1S/2C9H16O4.B/c2*10-8(11)6-4-2-1-3-5-7-9(12)13;/h2*1-7H2,(H,10,11)(H,12,13);. The number of carbonyl (C=O) groups is 4. The second kappa shape index (κ2) is 22.0. The number of hydrogen-bond donors (Lipinski definition) is 4. The molecule has 3 radical (unpaired) electrons. The number of aliphatic carboxylic acids is 4. The van der Waals surface area contributed by atoms with E-state index in [9.17, 15) is 19.2 Å². The van der Waals surface area contributed by atoms with Crippen LogP contribution in [-0.4, -0.2) is 52.7 Å². The Morgan fingerprint density at radius 1 is 0.370 bits per heavy atom. The number of rotatable bonds is 16. The predicted molar refractivity (Wildman–Crippen MR) is 101 cm³/mol. The Hall–Kier alpha value is -2.06. The summed E-state index contributed by atoms with van der Waals surface area (Å²) in [6, 6.07) is 0. The van der Waals surface area contributed by atoms with E-state index in [1.807, 2.05) is 0 Å². The smallest absolute Gasteiger partial charge is 0.303 e. The van der Waals surface area contributed by atoms with Crippen molar-refractivity contribution in [2.45, 2.75) is 89.9 Å². The van der Waals surface area contributed by atoms with E-state index < -0.39 is 23.9 Å². The first kappa shape index (κ1) is 29.7. The minimum atomic E-state index is -0.759. The Kier molecular flexibility index (Phi) is 24.2. The Labute approximate surface area is 162 Å². The summed E-state index contributed by atoms with van der Waals surface area (Å²) in [5.41, 5.74) is 0. The average molecular weight is 387 g/mol. The molecule has 0 spiro atoms. The summed E-state index contributed by atoms with van der Waals surface area (Å²) in [5, 5.41) is 33.2. The lowest BCUT2D eigenvalue weighted by Crippen LogP contribution is -1.95. The van der Waals surface area contributed by atoms with Gasteiger partial charge in [0.05, 0.1) is 0 Å². The molecular weight excluding hydrogens is 355 g/mol. The van der Waals surface area contributed by atoms with Crippen LogP contribution in [0.3, 0.4) is 0 Å². The molecule has 0 aliphatic heterocycles. The van der Waals surface area contributed by atoms with E-state index in [2.05, 4.69) is 0 Å². The van der Waals surface area contributed by atoms with E-state index >= 15 is 0 Å². The lowest BCUT2D eigenvalue weighted by Gasteiger charge is -1.97. The highest BCUT2D eigenvalue weighted by molar-refractivity contribution is 5.75. The number of unbranched alkanes of at least 4 members (excludes halogenated alkanes) is 8. The van der Waals surface area contributed by atoms with Crippen molar-refractivity contribution in [1.82, 2.24) is 0 Å². The summed E-state index contributed by atoms with van der Waals surface area (Å²) in [5.74, 6) is -3.04. The highest BCUT2D eigenvalue weighted by Crippen LogP contribution is 2.07. The first-order valence-electron chi connectivity index (χ1n) is 9.13. The van der Waals surface area contributed by atoms with Crippen LogP contribution in [0.4, 0.5) is 0 Å². The van der Waals surface area contributed by atoms with Gasteiger partial charge in [0.15, 0.2) is 0 Å². The van der Waals surface area contributed by atoms with E-state index in [1.165, 1.54) is 0 Å². The van der Waals surface area contributed by atoms with Gasteiger partial charge in [0, 0.05) is 34.1 Å². The van der Waals surface area contributed by atoms with Gasteiger partial charge < -0.3 is 20.4 Å². The van der Waals surface area contributed by atoms with Crippen molar-refractivity contribution in [3.8, 4) is 0 Å². The van der Waals surface area contributed by atoms with Crippen LogP contribution in [0, 0.1) is 0 Å². The van der Waals surface area contributed by atoms with E-state index in [4.69, 9.17) is 20.4 Å². The van der Waals surface area contributed by atoms with Gasteiger partial charge in [-0.25, -0.2) is 0 Å². The third-order valence-electron chi connectivity index (χ3n) is 3.56. The lowest BCUT2D eigenvalue weighted by atomic mass is 10.1. The summed E-state index contributed by atoms with van der Waals surface area (Å²) in [4.78, 5) is 40.4. The maximum atomic E-state index is 10.1. The van der Waals surface area contributed by atoms with Crippen LogP contribution in [0.2, 0.25) is 0 Å². The molecule has 0 saturated heterocycles. The molecule has 4 N–H and O–H groups in total. The zero-order valence-corrected chi connectivity index (χ0v) is 15.9. The summed E-state index contributed by atoms with van der Waals surface area (Å²) in [6.07, 6.45) is 9.06.